The van der Waals surface area contributed by atoms with E-state index in [9.17, 15) is 13.2 Å². The minimum Gasteiger partial charge on any atom is -0.462 e. The number of rotatable bonds is 5. The number of carbonyl (C=O) groups is 1. The fraction of sp³-hybridized carbons (Fsp3) is 0.286. The van der Waals surface area contributed by atoms with E-state index in [0.29, 0.717) is 11.3 Å². The van der Waals surface area contributed by atoms with E-state index in [4.69, 9.17) is 4.74 Å². The standard InChI is InChI=1S/C21H22N2O4S/c1-2-27-21(24)14-6-5-7-15(12-14)23-28(25,26)16-10-11-20-18(13-16)17-8-3-4-9-19(17)22-20/h5-7,10-13,22-23H,2-4,8-9H2,1H3. The quantitative estimate of drug-likeness (QED) is 0.635. The lowest BCUT2D eigenvalue weighted by molar-refractivity contribution is 0.0526. The summed E-state index contributed by atoms with van der Waals surface area (Å²) in [5, 5.41) is 0.970. The van der Waals surface area contributed by atoms with Gasteiger partial charge in [-0.2, -0.15) is 0 Å². The minimum atomic E-state index is -3.78. The first kappa shape index (κ1) is 18.6. The average molecular weight is 398 g/mol. The van der Waals surface area contributed by atoms with Crippen molar-refractivity contribution in [1.82, 2.24) is 4.98 Å². The smallest absolute Gasteiger partial charge is 0.338 e. The molecule has 4 rings (SSSR count). The molecule has 7 heteroatoms. The molecular formula is C21H22N2O4S. The van der Waals surface area contributed by atoms with Gasteiger partial charge in [0.2, 0.25) is 0 Å². The molecule has 2 aromatic carbocycles. The van der Waals surface area contributed by atoms with Crippen LogP contribution in [0.25, 0.3) is 10.9 Å². The summed E-state index contributed by atoms with van der Waals surface area (Å²) < 4.78 is 33.3. The third-order valence-electron chi connectivity index (χ3n) is 5.01. The molecule has 1 aliphatic rings. The maximum atomic E-state index is 12.9. The molecule has 0 saturated carbocycles. The Bertz CT molecular complexity index is 1150. The van der Waals surface area contributed by atoms with Gasteiger partial charge in [-0.05, 0) is 74.6 Å². The van der Waals surface area contributed by atoms with Crippen LogP contribution in [0, 0.1) is 0 Å². The van der Waals surface area contributed by atoms with Gasteiger partial charge in [0.1, 0.15) is 0 Å². The summed E-state index contributed by atoms with van der Waals surface area (Å²) in [6.45, 7) is 1.98. The number of H-pyrrole nitrogens is 1. The molecule has 0 unspecified atom stereocenters. The Morgan fingerprint density at radius 3 is 2.79 bits per heavy atom. The van der Waals surface area contributed by atoms with Crippen LogP contribution in [0.2, 0.25) is 0 Å². The fourth-order valence-electron chi connectivity index (χ4n) is 3.69. The van der Waals surface area contributed by atoms with Crippen LogP contribution in [0.3, 0.4) is 0 Å². The first-order chi connectivity index (χ1) is 13.5. The highest BCUT2D eigenvalue weighted by Gasteiger charge is 2.20. The summed E-state index contributed by atoms with van der Waals surface area (Å²) in [4.78, 5) is 15.5. The second kappa shape index (κ2) is 7.31. The monoisotopic (exact) mass is 398 g/mol. The highest BCUT2D eigenvalue weighted by atomic mass is 32.2. The van der Waals surface area contributed by atoms with E-state index in [1.807, 2.05) is 6.07 Å². The molecule has 0 radical (unpaired) electrons. The van der Waals surface area contributed by atoms with E-state index in [1.165, 1.54) is 17.3 Å². The van der Waals surface area contributed by atoms with Crippen LogP contribution in [-0.2, 0) is 27.6 Å². The normalized spacial score (nSPS) is 13.9. The number of esters is 1. The van der Waals surface area contributed by atoms with Gasteiger partial charge in [-0.1, -0.05) is 6.07 Å². The summed E-state index contributed by atoms with van der Waals surface area (Å²) in [5.74, 6) is -0.482. The zero-order valence-corrected chi connectivity index (χ0v) is 16.4. The maximum absolute atomic E-state index is 12.9. The fourth-order valence-corrected chi connectivity index (χ4v) is 4.77. The van der Waals surface area contributed by atoms with Gasteiger partial charge in [0.25, 0.3) is 10.0 Å². The second-order valence-corrected chi connectivity index (χ2v) is 8.59. The number of benzene rings is 2. The van der Waals surface area contributed by atoms with E-state index in [2.05, 4.69) is 9.71 Å². The summed E-state index contributed by atoms with van der Waals surface area (Å²) in [6.07, 6.45) is 4.25. The molecule has 1 heterocycles. The molecule has 1 aliphatic carbocycles. The Morgan fingerprint density at radius 2 is 1.96 bits per heavy atom. The summed E-state index contributed by atoms with van der Waals surface area (Å²) in [7, 11) is -3.78. The molecule has 0 bridgehead atoms. The van der Waals surface area contributed by atoms with E-state index >= 15 is 0 Å². The van der Waals surface area contributed by atoms with Crippen molar-refractivity contribution in [2.45, 2.75) is 37.5 Å². The third-order valence-corrected chi connectivity index (χ3v) is 6.38. The zero-order chi connectivity index (χ0) is 19.7. The highest BCUT2D eigenvalue weighted by molar-refractivity contribution is 7.92. The van der Waals surface area contributed by atoms with Gasteiger partial charge in [-0.3, -0.25) is 4.72 Å². The topological polar surface area (TPSA) is 88.3 Å². The van der Waals surface area contributed by atoms with Gasteiger partial charge < -0.3 is 9.72 Å². The predicted molar refractivity (Wildman–Crippen MR) is 108 cm³/mol. The molecule has 146 valence electrons. The zero-order valence-electron chi connectivity index (χ0n) is 15.6. The predicted octanol–water partition coefficient (Wildman–Crippen LogP) is 4.02. The Balaban J connectivity index is 1.65. The number of nitrogens with one attached hydrogen (secondary N) is 2. The lowest BCUT2D eigenvalue weighted by atomic mass is 9.96. The Kier molecular flexibility index (Phi) is 4.85. The van der Waals surface area contributed by atoms with Crippen molar-refractivity contribution >= 4 is 32.6 Å². The van der Waals surface area contributed by atoms with Crippen molar-refractivity contribution in [3.05, 3.63) is 59.3 Å². The van der Waals surface area contributed by atoms with Crippen LogP contribution in [0.5, 0.6) is 0 Å². The lowest BCUT2D eigenvalue weighted by Crippen LogP contribution is -2.13. The maximum Gasteiger partial charge on any atom is 0.338 e. The van der Waals surface area contributed by atoms with Crippen molar-refractivity contribution in [3.8, 4) is 0 Å². The van der Waals surface area contributed by atoms with Gasteiger partial charge >= 0.3 is 5.97 Å². The van der Waals surface area contributed by atoms with Crippen LogP contribution >= 0.6 is 0 Å². The molecule has 0 spiro atoms. The Morgan fingerprint density at radius 1 is 1.14 bits per heavy atom. The van der Waals surface area contributed by atoms with Crippen LogP contribution in [0.1, 0.15) is 41.4 Å². The Hall–Kier alpha value is -2.80. The molecule has 3 aromatic rings. The van der Waals surface area contributed by atoms with E-state index in [1.54, 1.807) is 37.3 Å². The van der Waals surface area contributed by atoms with Crippen molar-refractivity contribution in [3.63, 3.8) is 0 Å². The number of fused-ring (bicyclic) bond motifs is 3. The van der Waals surface area contributed by atoms with E-state index < -0.39 is 16.0 Å². The largest absolute Gasteiger partial charge is 0.462 e. The number of hydrogen-bond acceptors (Lipinski definition) is 4. The van der Waals surface area contributed by atoms with Gasteiger partial charge in [0.05, 0.1) is 17.1 Å². The van der Waals surface area contributed by atoms with Crippen LogP contribution in [0.15, 0.2) is 47.4 Å². The van der Waals surface area contributed by atoms with Crippen molar-refractivity contribution in [1.29, 1.82) is 0 Å². The molecule has 0 atom stereocenters. The van der Waals surface area contributed by atoms with Gasteiger partial charge in [0, 0.05) is 22.3 Å². The van der Waals surface area contributed by atoms with Crippen molar-refractivity contribution in [2.75, 3.05) is 11.3 Å². The number of ether oxygens (including phenoxy) is 1. The molecule has 1 aromatic heterocycles. The molecule has 0 aliphatic heterocycles. The van der Waals surface area contributed by atoms with Crippen LogP contribution in [-0.4, -0.2) is 26.0 Å². The van der Waals surface area contributed by atoms with Crippen molar-refractivity contribution < 1.29 is 17.9 Å². The number of sulfonamides is 1. The van der Waals surface area contributed by atoms with Crippen LogP contribution < -0.4 is 4.72 Å². The first-order valence-electron chi connectivity index (χ1n) is 9.41. The van der Waals surface area contributed by atoms with Gasteiger partial charge in [-0.25, -0.2) is 13.2 Å². The minimum absolute atomic E-state index is 0.203. The second-order valence-electron chi connectivity index (χ2n) is 6.90. The SMILES string of the molecule is CCOC(=O)c1cccc(NS(=O)(=O)c2ccc3[nH]c4c(c3c2)CCCC4)c1. The Labute approximate surface area is 164 Å². The molecule has 0 amide bonds. The number of hydrogen-bond donors (Lipinski definition) is 2. The van der Waals surface area contributed by atoms with Gasteiger partial charge in [0.15, 0.2) is 0 Å². The number of aromatic amines is 1. The summed E-state index contributed by atoms with van der Waals surface area (Å²) >= 11 is 0. The van der Waals surface area contributed by atoms with Gasteiger partial charge in [-0.15, -0.1) is 0 Å². The lowest BCUT2D eigenvalue weighted by Gasteiger charge is -2.11. The molecular weight excluding hydrogens is 376 g/mol. The number of carbonyl (C=O) groups excluding carboxylic acids is 1. The molecule has 0 saturated heterocycles. The molecule has 0 fully saturated rings. The van der Waals surface area contributed by atoms with E-state index in [-0.39, 0.29) is 11.5 Å². The number of anilines is 1. The summed E-state index contributed by atoms with van der Waals surface area (Å²) in [5.41, 5.74) is 4.03. The first-order valence-corrected chi connectivity index (χ1v) is 10.9. The number of aryl methyl sites for hydroxylation is 2. The molecule has 2 N–H and O–H groups in total. The van der Waals surface area contributed by atoms with Crippen molar-refractivity contribution in [2.24, 2.45) is 0 Å². The van der Waals surface area contributed by atoms with E-state index in [0.717, 1.165) is 36.6 Å². The molecule has 6 nitrogen and oxygen atoms in total. The average Bonchev–Trinajstić information content (AvgIpc) is 3.06. The molecule has 28 heavy (non-hydrogen) atoms. The number of aromatic nitrogens is 1. The third kappa shape index (κ3) is 3.49. The highest BCUT2D eigenvalue weighted by Crippen LogP contribution is 2.31. The summed E-state index contributed by atoms with van der Waals surface area (Å²) in [6, 6.07) is 11.4. The van der Waals surface area contributed by atoms with Crippen LogP contribution in [0.4, 0.5) is 5.69 Å².